The molecule has 0 aliphatic rings. The standard InChI is InChI=1S/C12H11BrCl2N2/c1-3-10-11(13)12(17(2)16-10)7-4-8(14)6-9(15)5-7/h4-6H,3H2,1-2H3. The van der Waals surface area contributed by atoms with E-state index >= 15 is 0 Å². The predicted molar refractivity (Wildman–Crippen MR) is 75.7 cm³/mol. The van der Waals surface area contributed by atoms with Crippen LogP contribution in [0.4, 0.5) is 0 Å². The summed E-state index contributed by atoms with van der Waals surface area (Å²) >= 11 is 15.6. The molecule has 1 aromatic carbocycles. The van der Waals surface area contributed by atoms with Crippen LogP contribution < -0.4 is 0 Å². The Hall–Kier alpha value is -0.510. The van der Waals surface area contributed by atoms with Gasteiger partial charge in [0.1, 0.15) is 0 Å². The molecule has 0 spiro atoms. The van der Waals surface area contributed by atoms with E-state index in [1.807, 2.05) is 23.9 Å². The zero-order valence-electron chi connectivity index (χ0n) is 9.47. The van der Waals surface area contributed by atoms with E-state index in [0.717, 1.165) is 27.8 Å². The van der Waals surface area contributed by atoms with Gasteiger partial charge in [0.25, 0.3) is 0 Å². The molecule has 0 saturated heterocycles. The highest BCUT2D eigenvalue weighted by Gasteiger charge is 2.15. The number of halogens is 3. The Morgan fingerprint density at radius 1 is 1.24 bits per heavy atom. The molecule has 0 aliphatic heterocycles. The Bertz CT molecular complexity index is 544. The Morgan fingerprint density at radius 2 is 1.82 bits per heavy atom. The Kier molecular flexibility index (Phi) is 3.81. The number of rotatable bonds is 2. The highest BCUT2D eigenvalue weighted by atomic mass is 79.9. The normalized spacial score (nSPS) is 10.9. The quantitative estimate of drug-likeness (QED) is 0.777. The minimum Gasteiger partial charge on any atom is -0.266 e. The van der Waals surface area contributed by atoms with Crippen LogP contribution in [0.15, 0.2) is 22.7 Å². The van der Waals surface area contributed by atoms with E-state index in [2.05, 4.69) is 28.0 Å². The number of hydrogen-bond acceptors (Lipinski definition) is 1. The molecule has 5 heteroatoms. The Balaban J connectivity index is 2.63. The number of aromatic nitrogens is 2. The molecular weight excluding hydrogens is 323 g/mol. The third kappa shape index (κ3) is 2.51. The lowest BCUT2D eigenvalue weighted by Gasteiger charge is -2.04. The molecule has 2 rings (SSSR count). The first-order valence-electron chi connectivity index (χ1n) is 5.20. The van der Waals surface area contributed by atoms with Crippen molar-refractivity contribution in [2.45, 2.75) is 13.3 Å². The summed E-state index contributed by atoms with van der Waals surface area (Å²) in [6.07, 6.45) is 0.878. The first-order chi connectivity index (χ1) is 8.02. The molecule has 0 unspecified atom stereocenters. The molecule has 2 nitrogen and oxygen atoms in total. The van der Waals surface area contributed by atoms with Crippen LogP contribution in [0.5, 0.6) is 0 Å². The molecule has 90 valence electrons. The lowest BCUT2D eigenvalue weighted by molar-refractivity contribution is 0.753. The lowest BCUT2D eigenvalue weighted by atomic mass is 10.1. The van der Waals surface area contributed by atoms with E-state index in [1.165, 1.54) is 0 Å². The lowest BCUT2D eigenvalue weighted by Crippen LogP contribution is -1.94. The molecule has 0 atom stereocenters. The maximum Gasteiger partial charge on any atom is 0.0825 e. The fourth-order valence-corrected chi connectivity index (χ4v) is 3.15. The molecule has 0 fully saturated rings. The molecule has 0 N–H and O–H groups in total. The van der Waals surface area contributed by atoms with Gasteiger partial charge in [-0.05, 0) is 40.5 Å². The van der Waals surface area contributed by atoms with Crippen molar-refractivity contribution in [2.75, 3.05) is 0 Å². The van der Waals surface area contributed by atoms with Gasteiger partial charge in [0.2, 0.25) is 0 Å². The van der Waals surface area contributed by atoms with Crippen molar-refractivity contribution in [2.24, 2.45) is 7.05 Å². The van der Waals surface area contributed by atoms with Crippen molar-refractivity contribution in [1.29, 1.82) is 0 Å². The van der Waals surface area contributed by atoms with E-state index in [4.69, 9.17) is 23.2 Å². The van der Waals surface area contributed by atoms with Gasteiger partial charge in [-0.25, -0.2) is 0 Å². The summed E-state index contributed by atoms with van der Waals surface area (Å²) in [4.78, 5) is 0. The zero-order valence-corrected chi connectivity index (χ0v) is 12.6. The number of hydrogen-bond donors (Lipinski definition) is 0. The molecule has 0 amide bonds. The van der Waals surface area contributed by atoms with Gasteiger partial charge in [-0.1, -0.05) is 30.1 Å². The van der Waals surface area contributed by atoms with Gasteiger partial charge < -0.3 is 0 Å². The van der Waals surface area contributed by atoms with Crippen LogP contribution in [-0.4, -0.2) is 9.78 Å². The average Bonchev–Trinajstić information content (AvgIpc) is 2.52. The smallest absolute Gasteiger partial charge is 0.0825 e. The summed E-state index contributed by atoms with van der Waals surface area (Å²) in [5, 5.41) is 5.70. The largest absolute Gasteiger partial charge is 0.266 e. The third-order valence-electron chi connectivity index (χ3n) is 2.53. The van der Waals surface area contributed by atoms with E-state index in [0.29, 0.717) is 10.0 Å². The molecule has 0 aliphatic carbocycles. The number of benzene rings is 1. The first-order valence-corrected chi connectivity index (χ1v) is 6.75. The van der Waals surface area contributed by atoms with E-state index < -0.39 is 0 Å². The molecule has 17 heavy (non-hydrogen) atoms. The molecule has 0 radical (unpaired) electrons. The second-order valence-corrected chi connectivity index (χ2v) is 5.41. The Morgan fingerprint density at radius 3 is 2.29 bits per heavy atom. The second kappa shape index (κ2) is 5.01. The molecule has 1 heterocycles. The molecular formula is C12H11BrCl2N2. The first kappa shape index (κ1) is 12.9. The number of aryl methyl sites for hydroxylation is 2. The van der Waals surface area contributed by atoms with Gasteiger partial charge in [-0.3, -0.25) is 4.68 Å². The summed E-state index contributed by atoms with van der Waals surface area (Å²) in [5.41, 5.74) is 2.98. The van der Waals surface area contributed by atoms with E-state index in [1.54, 1.807) is 6.07 Å². The highest BCUT2D eigenvalue weighted by Crippen LogP contribution is 2.34. The van der Waals surface area contributed by atoms with Crippen molar-refractivity contribution in [1.82, 2.24) is 9.78 Å². The van der Waals surface area contributed by atoms with E-state index in [9.17, 15) is 0 Å². The monoisotopic (exact) mass is 332 g/mol. The molecule has 1 aromatic heterocycles. The zero-order chi connectivity index (χ0) is 12.6. The van der Waals surface area contributed by atoms with Crippen molar-refractivity contribution in [3.63, 3.8) is 0 Å². The van der Waals surface area contributed by atoms with Gasteiger partial charge in [-0.15, -0.1) is 0 Å². The van der Waals surface area contributed by atoms with Crippen LogP contribution >= 0.6 is 39.1 Å². The third-order valence-corrected chi connectivity index (χ3v) is 3.80. The molecule has 0 bridgehead atoms. The minimum absolute atomic E-state index is 0.624. The highest BCUT2D eigenvalue weighted by molar-refractivity contribution is 9.10. The Labute approximate surface area is 119 Å². The SMILES string of the molecule is CCc1nn(C)c(-c2cc(Cl)cc(Cl)c2)c1Br. The summed E-state index contributed by atoms with van der Waals surface area (Å²) in [6.45, 7) is 2.07. The van der Waals surface area contributed by atoms with E-state index in [-0.39, 0.29) is 0 Å². The van der Waals surface area contributed by atoms with Crippen LogP contribution in [-0.2, 0) is 13.5 Å². The fourth-order valence-electron chi connectivity index (χ4n) is 1.78. The van der Waals surface area contributed by atoms with Crippen molar-refractivity contribution >= 4 is 39.1 Å². The van der Waals surface area contributed by atoms with Gasteiger partial charge in [0.15, 0.2) is 0 Å². The maximum atomic E-state index is 6.02. The van der Waals surface area contributed by atoms with Crippen LogP contribution in [0, 0.1) is 0 Å². The second-order valence-electron chi connectivity index (χ2n) is 3.74. The molecule has 0 saturated carbocycles. The van der Waals surface area contributed by atoms with Crippen molar-refractivity contribution in [3.05, 3.63) is 38.4 Å². The van der Waals surface area contributed by atoms with Gasteiger partial charge in [0.05, 0.1) is 15.9 Å². The van der Waals surface area contributed by atoms with Crippen LogP contribution in [0.25, 0.3) is 11.3 Å². The van der Waals surface area contributed by atoms with Crippen LogP contribution in [0.2, 0.25) is 10.0 Å². The van der Waals surface area contributed by atoms with Crippen molar-refractivity contribution in [3.8, 4) is 11.3 Å². The van der Waals surface area contributed by atoms with Crippen LogP contribution in [0.3, 0.4) is 0 Å². The van der Waals surface area contributed by atoms with Crippen molar-refractivity contribution < 1.29 is 0 Å². The predicted octanol–water partition coefficient (Wildman–Crippen LogP) is 4.72. The summed E-state index contributed by atoms with van der Waals surface area (Å²) in [5.74, 6) is 0. The van der Waals surface area contributed by atoms with Gasteiger partial charge >= 0.3 is 0 Å². The topological polar surface area (TPSA) is 17.8 Å². The number of nitrogens with zero attached hydrogens (tertiary/aromatic N) is 2. The van der Waals surface area contributed by atoms with Gasteiger partial charge in [-0.2, -0.15) is 5.10 Å². The van der Waals surface area contributed by atoms with Crippen LogP contribution in [0.1, 0.15) is 12.6 Å². The minimum atomic E-state index is 0.624. The average molecular weight is 334 g/mol. The maximum absolute atomic E-state index is 6.02. The summed E-state index contributed by atoms with van der Waals surface area (Å²) < 4.78 is 2.84. The fraction of sp³-hybridized carbons (Fsp3) is 0.250. The van der Waals surface area contributed by atoms with Gasteiger partial charge in [0, 0.05) is 22.7 Å². The summed E-state index contributed by atoms with van der Waals surface area (Å²) in [7, 11) is 1.91. The summed E-state index contributed by atoms with van der Waals surface area (Å²) in [6, 6.07) is 5.49. The molecule has 2 aromatic rings.